The Bertz CT molecular complexity index is 1310. The molecular weight excluding hydrogens is 576 g/mol. The van der Waals surface area contributed by atoms with Gasteiger partial charge < -0.3 is 18.9 Å². The molecule has 254 valence electrons. The van der Waals surface area contributed by atoms with Crippen molar-refractivity contribution in [3.05, 3.63) is 93.2 Å². The van der Waals surface area contributed by atoms with Gasteiger partial charge in [-0.05, 0) is 131 Å². The summed E-state index contributed by atoms with van der Waals surface area (Å²) in [6.45, 7) is 17.5. The highest BCUT2D eigenvalue weighted by Crippen LogP contribution is 2.35. The molecule has 0 saturated heterocycles. The number of allylic oxidation sites excluding steroid dienone is 10. The molecule has 0 saturated carbocycles. The Kier molecular flexibility index (Phi) is 19.8. The number of hydrogen-bond donors (Lipinski definition) is 0. The first-order chi connectivity index (χ1) is 21.9. The molecule has 0 heterocycles. The maximum Gasteiger partial charge on any atom is 0.342 e. The minimum absolute atomic E-state index is 0.0118. The Labute approximate surface area is 278 Å². The predicted molar refractivity (Wildman–Crippen MR) is 191 cm³/mol. The van der Waals surface area contributed by atoms with Crippen LogP contribution in [-0.4, -0.2) is 39.4 Å². The molecule has 0 aliphatic rings. The minimum atomic E-state index is -0.700. The maximum absolute atomic E-state index is 12.9. The highest BCUT2D eigenvalue weighted by Gasteiger charge is 2.27. The molecule has 0 aliphatic carbocycles. The summed E-state index contributed by atoms with van der Waals surface area (Å²) in [5.41, 5.74) is 7.90. The van der Waals surface area contributed by atoms with Crippen LogP contribution >= 0.6 is 0 Å². The second-order valence-electron chi connectivity index (χ2n) is 12.3. The Morgan fingerprint density at radius 2 is 0.957 bits per heavy atom. The molecule has 6 heteroatoms. The van der Waals surface area contributed by atoms with E-state index in [0.29, 0.717) is 5.75 Å². The van der Waals surface area contributed by atoms with Crippen molar-refractivity contribution in [1.29, 1.82) is 0 Å². The third-order valence-corrected chi connectivity index (χ3v) is 7.49. The number of hydrogen-bond acceptors (Lipinski definition) is 6. The summed E-state index contributed by atoms with van der Waals surface area (Å²) in [6.07, 6.45) is 21.2. The normalized spacial score (nSPS) is 12.4. The van der Waals surface area contributed by atoms with Crippen molar-refractivity contribution in [2.24, 2.45) is 0 Å². The summed E-state index contributed by atoms with van der Waals surface area (Å²) in [7, 11) is 2.54. The molecule has 46 heavy (non-hydrogen) atoms. The minimum Gasteiger partial charge on any atom is -0.486 e. The van der Waals surface area contributed by atoms with Crippen molar-refractivity contribution in [2.45, 2.75) is 107 Å². The van der Waals surface area contributed by atoms with E-state index in [1.807, 2.05) is 12.2 Å². The zero-order valence-corrected chi connectivity index (χ0v) is 30.1. The summed E-state index contributed by atoms with van der Waals surface area (Å²) in [5.74, 6) is -0.841. The SMILES string of the molecule is COC(=O)c1ccc(OCC=C(C)CCC=C(C)CCC=C(C)C)c(OCC=C(C)CCC=C(C)CCC=C(C)C)c1C(=O)OC. The van der Waals surface area contributed by atoms with Crippen LogP contribution in [-0.2, 0) is 9.47 Å². The summed E-state index contributed by atoms with van der Waals surface area (Å²) in [5, 5.41) is 0. The molecule has 0 aliphatic heterocycles. The van der Waals surface area contributed by atoms with Gasteiger partial charge in [0.2, 0.25) is 0 Å². The van der Waals surface area contributed by atoms with Crippen LogP contribution < -0.4 is 9.47 Å². The fraction of sp³-hybridized carbons (Fsp3) is 0.500. The second-order valence-corrected chi connectivity index (χ2v) is 12.3. The first-order valence-electron chi connectivity index (χ1n) is 16.4. The van der Waals surface area contributed by atoms with E-state index in [2.05, 4.69) is 79.7 Å². The molecule has 0 fully saturated rings. The van der Waals surface area contributed by atoms with E-state index in [1.165, 1.54) is 53.7 Å². The molecule has 0 unspecified atom stereocenters. The van der Waals surface area contributed by atoms with Crippen LogP contribution in [0.25, 0.3) is 0 Å². The second kappa shape index (κ2) is 22.7. The number of ether oxygens (including phenoxy) is 4. The Morgan fingerprint density at radius 1 is 0.543 bits per heavy atom. The first kappa shape index (κ1) is 40.2. The third-order valence-electron chi connectivity index (χ3n) is 7.49. The fourth-order valence-electron chi connectivity index (χ4n) is 4.62. The molecular formula is C40H58O6. The van der Waals surface area contributed by atoms with Gasteiger partial charge in [-0.2, -0.15) is 0 Å². The Hall–Kier alpha value is -3.80. The molecule has 0 N–H and O–H groups in total. The zero-order chi connectivity index (χ0) is 34.5. The van der Waals surface area contributed by atoms with Crippen LogP contribution in [0.3, 0.4) is 0 Å². The lowest BCUT2D eigenvalue weighted by Crippen LogP contribution is -2.15. The molecule has 1 aromatic rings. The molecule has 0 aromatic heterocycles. The molecule has 0 spiro atoms. The lowest BCUT2D eigenvalue weighted by Gasteiger charge is -2.17. The summed E-state index contributed by atoms with van der Waals surface area (Å²) < 4.78 is 22.2. The number of rotatable bonds is 20. The fourth-order valence-corrected chi connectivity index (χ4v) is 4.62. The number of carbonyl (C=O) groups is 2. The van der Waals surface area contributed by atoms with Crippen LogP contribution in [0, 0.1) is 0 Å². The molecule has 1 aromatic carbocycles. The molecule has 1 rings (SSSR count). The van der Waals surface area contributed by atoms with Gasteiger partial charge >= 0.3 is 11.9 Å². The maximum atomic E-state index is 12.9. The van der Waals surface area contributed by atoms with Crippen molar-refractivity contribution >= 4 is 11.9 Å². The van der Waals surface area contributed by atoms with E-state index in [-0.39, 0.29) is 30.1 Å². The van der Waals surface area contributed by atoms with Gasteiger partial charge in [-0.25, -0.2) is 9.59 Å². The van der Waals surface area contributed by atoms with Crippen LogP contribution in [0.15, 0.2) is 82.0 Å². The number of benzene rings is 1. The molecule has 6 nitrogen and oxygen atoms in total. The van der Waals surface area contributed by atoms with E-state index < -0.39 is 11.9 Å². The zero-order valence-electron chi connectivity index (χ0n) is 30.1. The van der Waals surface area contributed by atoms with Crippen molar-refractivity contribution in [1.82, 2.24) is 0 Å². The quantitative estimate of drug-likeness (QED) is 0.105. The lowest BCUT2D eigenvalue weighted by atomic mass is 10.1. The van der Waals surface area contributed by atoms with E-state index in [0.717, 1.165) is 51.4 Å². The lowest BCUT2D eigenvalue weighted by molar-refractivity contribution is 0.0550. The van der Waals surface area contributed by atoms with E-state index >= 15 is 0 Å². The van der Waals surface area contributed by atoms with Crippen molar-refractivity contribution in [3.63, 3.8) is 0 Å². The highest BCUT2D eigenvalue weighted by atomic mass is 16.5. The van der Waals surface area contributed by atoms with Crippen LogP contribution in [0.2, 0.25) is 0 Å². The van der Waals surface area contributed by atoms with Crippen molar-refractivity contribution in [2.75, 3.05) is 27.4 Å². The standard InChI is InChI=1S/C40H58O6/c1-29(2)15-11-17-31(5)19-13-21-33(7)25-27-45-36-24-23-35(39(41)43-9)37(40(42)44-10)38(36)46-28-26-34(8)22-14-20-32(6)18-12-16-30(3)4/h15-16,19-20,23-26H,11-14,17-18,21-22,27-28H2,1-10H3. The third kappa shape index (κ3) is 16.5. The van der Waals surface area contributed by atoms with Crippen LogP contribution in [0.5, 0.6) is 11.5 Å². The van der Waals surface area contributed by atoms with Gasteiger partial charge in [0.25, 0.3) is 0 Å². The largest absolute Gasteiger partial charge is 0.486 e. The van der Waals surface area contributed by atoms with Crippen molar-refractivity contribution < 1.29 is 28.5 Å². The molecule has 0 bridgehead atoms. The summed E-state index contributed by atoms with van der Waals surface area (Å²) in [6, 6.07) is 3.14. The van der Waals surface area contributed by atoms with E-state index in [4.69, 9.17) is 18.9 Å². The van der Waals surface area contributed by atoms with Crippen LogP contribution in [0.4, 0.5) is 0 Å². The number of carbonyl (C=O) groups excluding carboxylic acids is 2. The van der Waals surface area contributed by atoms with Gasteiger partial charge in [-0.1, -0.05) is 57.7 Å². The summed E-state index contributed by atoms with van der Waals surface area (Å²) in [4.78, 5) is 25.4. The van der Waals surface area contributed by atoms with Gasteiger partial charge in [0.15, 0.2) is 11.5 Å². The van der Waals surface area contributed by atoms with Crippen molar-refractivity contribution in [3.8, 4) is 11.5 Å². The highest BCUT2D eigenvalue weighted by molar-refractivity contribution is 6.05. The van der Waals surface area contributed by atoms with Gasteiger partial charge in [-0.3, -0.25) is 0 Å². The predicted octanol–water partition coefficient (Wildman–Crippen LogP) is 10.9. The average molecular weight is 635 g/mol. The topological polar surface area (TPSA) is 71.1 Å². The molecule has 0 amide bonds. The summed E-state index contributed by atoms with van der Waals surface area (Å²) >= 11 is 0. The van der Waals surface area contributed by atoms with Gasteiger partial charge in [0.05, 0.1) is 19.8 Å². The monoisotopic (exact) mass is 634 g/mol. The molecule has 0 radical (unpaired) electrons. The Balaban J connectivity index is 3.02. The van der Waals surface area contributed by atoms with Gasteiger partial charge in [-0.15, -0.1) is 0 Å². The Morgan fingerprint density at radius 3 is 1.39 bits per heavy atom. The first-order valence-corrected chi connectivity index (χ1v) is 16.4. The number of esters is 2. The average Bonchev–Trinajstić information content (AvgIpc) is 3.00. The van der Waals surface area contributed by atoms with E-state index in [1.54, 1.807) is 6.07 Å². The van der Waals surface area contributed by atoms with Crippen LogP contribution in [0.1, 0.15) is 127 Å². The smallest absolute Gasteiger partial charge is 0.342 e. The number of methoxy groups -OCH3 is 2. The van der Waals surface area contributed by atoms with Gasteiger partial charge in [0, 0.05) is 0 Å². The molecule has 0 atom stereocenters. The van der Waals surface area contributed by atoms with E-state index in [9.17, 15) is 9.59 Å². The van der Waals surface area contributed by atoms with Gasteiger partial charge in [0.1, 0.15) is 18.8 Å².